The van der Waals surface area contributed by atoms with Crippen molar-refractivity contribution in [3.8, 4) is 0 Å². The number of piperidine rings is 1. The van der Waals surface area contributed by atoms with Gasteiger partial charge in [-0.3, -0.25) is 9.59 Å². The maximum absolute atomic E-state index is 13.0. The molecule has 3 rings (SSSR count). The van der Waals surface area contributed by atoms with E-state index in [1.807, 2.05) is 35.2 Å². The predicted molar refractivity (Wildman–Crippen MR) is 89.7 cm³/mol. The maximum atomic E-state index is 13.0. The first-order chi connectivity index (χ1) is 11.2. The molecule has 0 aliphatic carbocycles. The molecule has 2 aliphatic heterocycles. The molecule has 2 unspecified atom stereocenters. The molecule has 2 heterocycles. The summed E-state index contributed by atoms with van der Waals surface area (Å²) in [5, 5.41) is 0. The third-order valence-electron chi connectivity index (χ3n) is 5.19. The Labute approximate surface area is 138 Å². The molecule has 2 saturated heterocycles. The SMILES string of the molecule is CCC1CCCCN1C(=O)C1CCC(=O)N1Cc1ccccc1. The number of hydrogen-bond acceptors (Lipinski definition) is 2. The number of likely N-dealkylation sites (tertiary alicyclic amines) is 2. The van der Waals surface area contributed by atoms with Crippen LogP contribution in [0.4, 0.5) is 0 Å². The highest BCUT2D eigenvalue weighted by Crippen LogP contribution is 2.27. The van der Waals surface area contributed by atoms with E-state index in [9.17, 15) is 9.59 Å². The summed E-state index contributed by atoms with van der Waals surface area (Å²) in [4.78, 5) is 29.2. The molecule has 1 aromatic carbocycles. The van der Waals surface area contributed by atoms with Crippen molar-refractivity contribution in [2.24, 2.45) is 0 Å². The molecule has 0 saturated carbocycles. The zero-order chi connectivity index (χ0) is 16.2. The first kappa shape index (κ1) is 16.0. The Morgan fingerprint density at radius 3 is 2.70 bits per heavy atom. The molecular formula is C19H26N2O2. The lowest BCUT2D eigenvalue weighted by molar-refractivity contribution is -0.144. The van der Waals surface area contributed by atoms with Gasteiger partial charge in [-0.2, -0.15) is 0 Å². The zero-order valence-corrected chi connectivity index (χ0v) is 13.9. The van der Waals surface area contributed by atoms with Gasteiger partial charge >= 0.3 is 0 Å². The van der Waals surface area contributed by atoms with Crippen LogP contribution < -0.4 is 0 Å². The number of rotatable bonds is 4. The van der Waals surface area contributed by atoms with Gasteiger partial charge < -0.3 is 9.80 Å². The Morgan fingerprint density at radius 1 is 1.17 bits per heavy atom. The highest BCUT2D eigenvalue weighted by molar-refractivity contribution is 5.91. The van der Waals surface area contributed by atoms with Crippen molar-refractivity contribution >= 4 is 11.8 Å². The van der Waals surface area contributed by atoms with Gasteiger partial charge in [-0.1, -0.05) is 37.3 Å². The van der Waals surface area contributed by atoms with Crippen molar-refractivity contribution < 1.29 is 9.59 Å². The summed E-state index contributed by atoms with van der Waals surface area (Å²) in [5.74, 6) is 0.274. The second-order valence-electron chi connectivity index (χ2n) is 6.65. The highest BCUT2D eigenvalue weighted by atomic mass is 16.2. The highest BCUT2D eigenvalue weighted by Gasteiger charge is 2.40. The van der Waals surface area contributed by atoms with Crippen molar-refractivity contribution in [3.63, 3.8) is 0 Å². The average molecular weight is 314 g/mol. The molecule has 2 aliphatic rings. The quantitative estimate of drug-likeness (QED) is 0.857. The largest absolute Gasteiger partial charge is 0.338 e. The van der Waals surface area contributed by atoms with Crippen molar-refractivity contribution in [3.05, 3.63) is 35.9 Å². The second-order valence-corrected chi connectivity index (χ2v) is 6.65. The summed E-state index contributed by atoms with van der Waals surface area (Å²) in [6, 6.07) is 10.0. The Bertz CT molecular complexity index is 558. The van der Waals surface area contributed by atoms with Gasteiger partial charge in [0.2, 0.25) is 11.8 Å². The van der Waals surface area contributed by atoms with Gasteiger partial charge in [-0.15, -0.1) is 0 Å². The number of nitrogens with zero attached hydrogens (tertiary/aromatic N) is 2. The molecule has 23 heavy (non-hydrogen) atoms. The number of amides is 2. The fourth-order valence-corrected chi connectivity index (χ4v) is 3.88. The molecule has 4 heteroatoms. The predicted octanol–water partition coefficient (Wildman–Crippen LogP) is 2.97. The van der Waals surface area contributed by atoms with Gasteiger partial charge in [-0.05, 0) is 37.7 Å². The van der Waals surface area contributed by atoms with E-state index in [2.05, 4.69) is 6.92 Å². The fraction of sp³-hybridized carbons (Fsp3) is 0.579. The molecule has 1 aromatic rings. The average Bonchev–Trinajstić information content (AvgIpc) is 2.96. The van der Waals surface area contributed by atoms with Gasteiger partial charge in [0.25, 0.3) is 0 Å². The van der Waals surface area contributed by atoms with Crippen molar-refractivity contribution in [2.75, 3.05) is 6.54 Å². The standard InChI is InChI=1S/C19H26N2O2/c1-2-16-10-6-7-13-20(16)19(23)17-11-12-18(22)21(17)14-15-8-4-3-5-9-15/h3-5,8-9,16-17H,2,6-7,10-14H2,1H3. The van der Waals surface area contributed by atoms with E-state index >= 15 is 0 Å². The molecular weight excluding hydrogens is 288 g/mol. The third kappa shape index (κ3) is 3.41. The van der Waals surface area contributed by atoms with Crippen LogP contribution in [0.1, 0.15) is 51.0 Å². The Balaban J connectivity index is 1.74. The normalized spacial score (nSPS) is 25.0. The van der Waals surface area contributed by atoms with Crippen LogP contribution in [0.2, 0.25) is 0 Å². The summed E-state index contributed by atoms with van der Waals surface area (Å²) >= 11 is 0. The van der Waals surface area contributed by atoms with Crippen LogP contribution >= 0.6 is 0 Å². The van der Waals surface area contributed by atoms with Crippen molar-refractivity contribution in [1.82, 2.24) is 9.80 Å². The molecule has 4 nitrogen and oxygen atoms in total. The van der Waals surface area contributed by atoms with E-state index < -0.39 is 0 Å². The first-order valence-electron chi connectivity index (χ1n) is 8.84. The minimum Gasteiger partial charge on any atom is -0.338 e. The zero-order valence-electron chi connectivity index (χ0n) is 13.9. The monoisotopic (exact) mass is 314 g/mol. The van der Waals surface area contributed by atoms with E-state index in [4.69, 9.17) is 0 Å². The van der Waals surface area contributed by atoms with Crippen molar-refractivity contribution in [2.45, 2.75) is 64.1 Å². The number of carbonyl (C=O) groups excluding carboxylic acids is 2. The first-order valence-corrected chi connectivity index (χ1v) is 8.84. The summed E-state index contributed by atoms with van der Waals surface area (Å²) in [6.45, 7) is 3.54. The molecule has 2 atom stereocenters. The van der Waals surface area contributed by atoms with Gasteiger partial charge in [0.15, 0.2) is 0 Å². The fourth-order valence-electron chi connectivity index (χ4n) is 3.88. The van der Waals surface area contributed by atoms with Gasteiger partial charge in [0, 0.05) is 25.6 Å². The molecule has 2 amide bonds. The molecule has 0 bridgehead atoms. The van der Waals surface area contributed by atoms with E-state index in [1.54, 1.807) is 4.90 Å². The summed E-state index contributed by atoms with van der Waals surface area (Å²) in [5.41, 5.74) is 1.09. The van der Waals surface area contributed by atoms with Gasteiger partial charge in [0.05, 0.1) is 0 Å². The summed E-state index contributed by atoms with van der Waals surface area (Å²) in [7, 11) is 0. The third-order valence-corrected chi connectivity index (χ3v) is 5.19. The Morgan fingerprint density at radius 2 is 1.96 bits per heavy atom. The van der Waals surface area contributed by atoms with Crippen LogP contribution in [0.5, 0.6) is 0 Å². The van der Waals surface area contributed by atoms with Crippen molar-refractivity contribution in [1.29, 1.82) is 0 Å². The minimum atomic E-state index is -0.269. The number of hydrogen-bond donors (Lipinski definition) is 0. The van der Waals surface area contributed by atoms with E-state index in [0.29, 0.717) is 25.4 Å². The van der Waals surface area contributed by atoms with Crippen LogP contribution in [-0.2, 0) is 16.1 Å². The van der Waals surface area contributed by atoms with Crippen LogP contribution in [0.15, 0.2) is 30.3 Å². The summed E-state index contributed by atoms with van der Waals surface area (Å²) in [6.07, 6.45) is 5.55. The second kappa shape index (κ2) is 7.16. The minimum absolute atomic E-state index is 0.109. The van der Waals surface area contributed by atoms with E-state index in [-0.39, 0.29) is 17.9 Å². The van der Waals surface area contributed by atoms with Crippen LogP contribution in [0, 0.1) is 0 Å². The van der Waals surface area contributed by atoms with Crippen LogP contribution in [0.25, 0.3) is 0 Å². The molecule has 0 N–H and O–H groups in total. The van der Waals surface area contributed by atoms with E-state index in [1.165, 1.54) is 6.42 Å². The van der Waals surface area contributed by atoms with Gasteiger partial charge in [0.1, 0.15) is 6.04 Å². The Hall–Kier alpha value is -1.84. The molecule has 124 valence electrons. The smallest absolute Gasteiger partial charge is 0.245 e. The summed E-state index contributed by atoms with van der Waals surface area (Å²) < 4.78 is 0. The molecule has 0 aromatic heterocycles. The lowest BCUT2D eigenvalue weighted by atomic mass is 9.98. The molecule has 0 spiro atoms. The topological polar surface area (TPSA) is 40.6 Å². The maximum Gasteiger partial charge on any atom is 0.245 e. The van der Waals surface area contributed by atoms with E-state index in [0.717, 1.165) is 31.4 Å². The molecule has 2 fully saturated rings. The lowest BCUT2D eigenvalue weighted by Crippen LogP contribution is -2.51. The van der Waals surface area contributed by atoms with Gasteiger partial charge in [-0.25, -0.2) is 0 Å². The Kier molecular flexibility index (Phi) is 4.99. The lowest BCUT2D eigenvalue weighted by Gasteiger charge is -2.38. The van der Waals surface area contributed by atoms with Crippen LogP contribution in [-0.4, -0.2) is 40.2 Å². The van der Waals surface area contributed by atoms with Crippen LogP contribution in [0.3, 0.4) is 0 Å². The number of benzene rings is 1. The molecule has 0 radical (unpaired) electrons. The number of carbonyl (C=O) groups is 2.